The molecule has 0 aliphatic carbocycles. The number of hydrogen-bond acceptors (Lipinski definition) is 4. The van der Waals surface area contributed by atoms with Gasteiger partial charge >= 0.3 is 12.2 Å². The number of ether oxygens (including phenoxy) is 2. The summed E-state index contributed by atoms with van der Waals surface area (Å²) in [4.78, 5) is 18.3. The second kappa shape index (κ2) is 8.89. The molecular formula is C22H15F5N4O3. The highest BCUT2D eigenvalue weighted by molar-refractivity contribution is 6.00. The number of alkyl halides is 3. The van der Waals surface area contributed by atoms with Gasteiger partial charge in [0.05, 0.1) is 23.7 Å². The number of hydrogen-bond donors (Lipinski definition) is 3. The topological polar surface area (TPSA) is 88.3 Å². The molecule has 0 atom stereocenters. The molecule has 34 heavy (non-hydrogen) atoms. The second-order valence-corrected chi connectivity index (χ2v) is 6.88. The Bertz CT molecular complexity index is 1350. The quantitative estimate of drug-likeness (QED) is 0.294. The average Bonchev–Trinajstić information content (AvgIpc) is 3.22. The van der Waals surface area contributed by atoms with Crippen LogP contribution in [0.25, 0.3) is 11.0 Å². The number of nitrogens with zero attached hydrogens (tertiary/aromatic N) is 1. The number of pyridine rings is 1. The van der Waals surface area contributed by atoms with Crippen molar-refractivity contribution < 1.29 is 36.2 Å². The Hall–Kier alpha value is -4.35. The van der Waals surface area contributed by atoms with Crippen LogP contribution in [0.15, 0.2) is 54.9 Å². The van der Waals surface area contributed by atoms with Crippen molar-refractivity contribution in [3.05, 3.63) is 72.1 Å². The third-order valence-electron chi connectivity index (χ3n) is 4.66. The van der Waals surface area contributed by atoms with Crippen molar-refractivity contribution in [3.8, 4) is 17.2 Å². The van der Waals surface area contributed by atoms with Gasteiger partial charge in [-0.3, -0.25) is 0 Å². The number of benzene rings is 2. The SMILES string of the molecule is COc1ccccc1NC(=O)Nc1cc(F)c(Oc2ccnc3[nH]cc(C(F)(F)F)c23)c(F)c1. The lowest BCUT2D eigenvalue weighted by molar-refractivity contribution is -0.136. The van der Waals surface area contributed by atoms with Crippen LogP contribution in [0.5, 0.6) is 17.2 Å². The minimum atomic E-state index is -4.75. The highest BCUT2D eigenvalue weighted by atomic mass is 19.4. The molecule has 2 amide bonds. The maximum absolute atomic E-state index is 14.7. The highest BCUT2D eigenvalue weighted by Gasteiger charge is 2.35. The van der Waals surface area contributed by atoms with Crippen molar-refractivity contribution in [1.82, 2.24) is 9.97 Å². The van der Waals surface area contributed by atoms with E-state index in [4.69, 9.17) is 9.47 Å². The summed E-state index contributed by atoms with van der Waals surface area (Å²) in [5, 5.41) is 4.26. The number of H-pyrrole nitrogens is 1. The standard InChI is InChI=1S/C22H15F5N4O3/c1-33-16-5-3-2-4-15(16)31-21(32)30-11-8-13(23)19(14(24)9-11)34-17-6-7-28-20-18(17)12(10-29-20)22(25,26)27/h2-10H,1H3,(H,28,29)(H2,30,31,32). The summed E-state index contributed by atoms with van der Waals surface area (Å²) in [5.74, 6) is -3.53. The number of methoxy groups -OCH3 is 1. The lowest BCUT2D eigenvalue weighted by atomic mass is 10.2. The molecule has 0 radical (unpaired) electrons. The number of aromatic amines is 1. The number of carbonyl (C=O) groups excluding carboxylic acids is 1. The zero-order chi connectivity index (χ0) is 24.5. The van der Waals surface area contributed by atoms with E-state index in [2.05, 4.69) is 20.6 Å². The summed E-state index contributed by atoms with van der Waals surface area (Å²) in [7, 11) is 1.41. The van der Waals surface area contributed by atoms with Crippen LogP contribution in [0.1, 0.15) is 5.56 Å². The fraction of sp³-hybridized carbons (Fsp3) is 0.0909. The molecular weight excluding hydrogens is 463 g/mol. The molecule has 0 unspecified atom stereocenters. The van der Waals surface area contributed by atoms with Crippen LogP contribution in [0, 0.1) is 11.6 Å². The monoisotopic (exact) mass is 478 g/mol. The normalized spacial score (nSPS) is 11.4. The molecule has 2 heterocycles. The number of rotatable bonds is 5. The van der Waals surface area contributed by atoms with Crippen molar-refractivity contribution in [2.24, 2.45) is 0 Å². The van der Waals surface area contributed by atoms with Gasteiger partial charge < -0.3 is 25.1 Å². The highest BCUT2D eigenvalue weighted by Crippen LogP contribution is 2.41. The van der Waals surface area contributed by atoms with Crippen molar-refractivity contribution in [2.45, 2.75) is 6.18 Å². The number of para-hydroxylation sites is 2. The molecule has 0 aliphatic rings. The molecule has 3 N–H and O–H groups in total. The number of anilines is 2. The summed E-state index contributed by atoms with van der Waals surface area (Å²) in [6.07, 6.45) is -2.94. The van der Waals surface area contributed by atoms with Crippen LogP contribution < -0.4 is 20.1 Å². The number of aromatic nitrogens is 2. The number of halogens is 5. The Morgan fingerprint density at radius 2 is 1.74 bits per heavy atom. The van der Waals surface area contributed by atoms with Gasteiger partial charge in [0.2, 0.25) is 0 Å². The molecule has 0 fully saturated rings. The van der Waals surface area contributed by atoms with Crippen molar-refractivity contribution in [2.75, 3.05) is 17.7 Å². The number of urea groups is 1. The Labute approximate surface area is 188 Å². The van der Waals surface area contributed by atoms with Crippen LogP contribution in [0.4, 0.5) is 38.1 Å². The minimum absolute atomic E-state index is 0.170. The van der Waals surface area contributed by atoms with Gasteiger partial charge in [0.25, 0.3) is 0 Å². The molecule has 0 spiro atoms. The van der Waals surface area contributed by atoms with E-state index in [1.807, 2.05) is 0 Å². The average molecular weight is 478 g/mol. The molecule has 0 aliphatic heterocycles. The number of fused-ring (bicyclic) bond motifs is 1. The van der Waals surface area contributed by atoms with E-state index in [1.165, 1.54) is 7.11 Å². The van der Waals surface area contributed by atoms with Crippen LogP contribution >= 0.6 is 0 Å². The van der Waals surface area contributed by atoms with Gasteiger partial charge in [-0.25, -0.2) is 18.6 Å². The van der Waals surface area contributed by atoms with Gasteiger partial charge in [0.1, 0.15) is 17.1 Å². The Balaban J connectivity index is 1.58. The van der Waals surface area contributed by atoms with Gasteiger partial charge in [0, 0.05) is 30.2 Å². The summed E-state index contributed by atoms with van der Waals surface area (Å²) >= 11 is 0. The molecule has 0 saturated carbocycles. The molecule has 4 aromatic rings. The molecule has 12 heteroatoms. The number of carbonyl (C=O) groups is 1. The van der Waals surface area contributed by atoms with Gasteiger partial charge in [-0.15, -0.1) is 0 Å². The molecule has 2 aromatic carbocycles. The Morgan fingerprint density at radius 1 is 1.03 bits per heavy atom. The first kappa shape index (κ1) is 22.8. The minimum Gasteiger partial charge on any atom is -0.495 e. The first-order valence-electron chi connectivity index (χ1n) is 9.58. The molecule has 0 saturated heterocycles. The molecule has 176 valence electrons. The molecule has 7 nitrogen and oxygen atoms in total. The first-order valence-corrected chi connectivity index (χ1v) is 9.58. The van der Waals surface area contributed by atoms with E-state index >= 15 is 0 Å². The molecule has 0 bridgehead atoms. The maximum Gasteiger partial charge on any atom is 0.418 e. The lowest BCUT2D eigenvalue weighted by Crippen LogP contribution is -2.20. The van der Waals surface area contributed by atoms with Gasteiger partial charge in [-0.05, 0) is 18.2 Å². The second-order valence-electron chi connectivity index (χ2n) is 6.88. The van der Waals surface area contributed by atoms with Crippen LogP contribution in [-0.2, 0) is 6.18 Å². The Kier molecular flexibility index (Phi) is 5.97. The summed E-state index contributed by atoms with van der Waals surface area (Å²) in [6.45, 7) is 0. The zero-order valence-electron chi connectivity index (χ0n) is 17.3. The van der Waals surface area contributed by atoms with E-state index in [1.54, 1.807) is 24.3 Å². The largest absolute Gasteiger partial charge is 0.495 e. The van der Waals surface area contributed by atoms with E-state index < -0.39 is 46.3 Å². The van der Waals surface area contributed by atoms with E-state index in [-0.39, 0.29) is 11.3 Å². The smallest absolute Gasteiger partial charge is 0.418 e. The van der Waals surface area contributed by atoms with Crippen molar-refractivity contribution >= 4 is 28.4 Å². The van der Waals surface area contributed by atoms with E-state index in [9.17, 15) is 26.7 Å². The number of amides is 2. The van der Waals surface area contributed by atoms with Gasteiger partial charge in [-0.2, -0.15) is 13.2 Å². The first-order chi connectivity index (χ1) is 16.2. The predicted molar refractivity (Wildman–Crippen MR) is 113 cm³/mol. The molecule has 2 aromatic heterocycles. The third kappa shape index (κ3) is 4.56. The predicted octanol–water partition coefficient (Wildman–Crippen LogP) is 6.30. The summed E-state index contributed by atoms with van der Waals surface area (Å²) in [6, 6.07) is 8.27. The van der Waals surface area contributed by atoms with E-state index in [0.29, 0.717) is 17.6 Å². The Morgan fingerprint density at radius 3 is 2.41 bits per heavy atom. The van der Waals surface area contributed by atoms with E-state index in [0.717, 1.165) is 24.4 Å². The van der Waals surface area contributed by atoms with Crippen LogP contribution in [0.3, 0.4) is 0 Å². The van der Waals surface area contributed by atoms with Crippen molar-refractivity contribution in [1.29, 1.82) is 0 Å². The molecule has 4 rings (SSSR count). The van der Waals surface area contributed by atoms with Gasteiger partial charge in [-0.1, -0.05) is 12.1 Å². The van der Waals surface area contributed by atoms with Crippen molar-refractivity contribution in [3.63, 3.8) is 0 Å². The summed E-state index contributed by atoms with van der Waals surface area (Å²) in [5.41, 5.74) is -1.21. The van der Waals surface area contributed by atoms with Gasteiger partial charge in [0.15, 0.2) is 17.4 Å². The third-order valence-corrected chi connectivity index (χ3v) is 4.66. The fourth-order valence-corrected chi connectivity index (χ4v) is 3.21. The summed E-state index contributed by atoms with van der Waals surface area (Å²) < 4.78 is 79.5. The number of nitrogens with one attached hydrogen (secondary N) is 3. The van der Waals surface area contributed by atoms with Crippen LogP contribution in [-0.4, -0.2) is 23.1 Å². The zero-order valence-corrected chi connectivity index (χ0v) is 17.3. The fourth-order valence-electron chi connectivity index (χ4n) is 3.21. The lowest BCUT2D eigenvalue weighted by Gasteiger charge is -2.13. The maximum atomic E-state index is 14.7. The van der Waals surface area contributed by atoms with Crippen LogP contribution in [0.2, 0.25) is 0 Å².